The number of aromatic nitrogens is 5. The topological polar surface area (TPSA) is 116 Å². The first-order chi connectivity index (χ1) is 16.4. The van der Waals surface area contributed by atoms with Crippen molar-refractivity contribution in [3.8, 4) is 39.8 Å². The van der Waals surface area contributed by atoms with Gasteiger partial charge >= 0.3 is 5.97 Å². The first kappa shape index (κ1) is 21.2. The Morgan fingerprint density at radius 1 is 1.09 bits per heavy atom. The van der Waals surface area contributed by atoms with Crippen LogP contribution in [0.1, 0.15) is 16.1 Å². The van der Waals surface area contributed by atoms with Crippen molar-refractivity contribution in [3.63, 3.8) is 0 Å². The molecule has 3 aromatic rings. The molecule has 34 heavy (non-hydrogen) atoms. The molecular weight excluding hydrogens is 448 g/mol. The molecule has 0 unspecified atom stereocenters. The summed E-state index contributed by atoms with van der Waals surface area (Å²) in [7, 11) is 1.45. The summed E-state index contributed by atoms with van der Waals surface area (Å²) >= 11 is 0. The van der Waals surface area contributed by atoms with E-state index < -0.39 is 17.6 Å². The van der Waals surface area contributed by atoms with Crippen LogP contribution in [0, 0.1) is 11.6 Å². The van der Waals surface area contributed by atoms with Crippen LogP contribution in [0.3, 0.4) is 0 Å². The van der Waals surface area contributed by atoms with Gasteiger partial charge in [-0.05, 0) is 30.3 Å². The second kappa shape index (κ2) is 8.35. The van der Waals surface area contributed by atoms with Gasteiger partial charge in [0.2, 0.25) is 0 Å². The molecule has 2 aliphatic heterocycles. The highest BCUT2D eigenvalue weighted by Crippen LogP contribution is 2.29. The highest BCUT2D eigenvalue weighted by molar-refractivity contribution is 5.96. The standard InChI is InChI=1S/C23H15F2N5O4/c1-33-12-5-6-14(16(7-12)23(31)32)18-8-13(34-29-18)10-30-11-20-19(9-26-30)27-22(28-20)15-3-2-4-17(24)21(15)25/h2-9,11H,10H2,1H3,(H,31,32). The molecule has 0 bridgehead atoms. The number of hydrogen-bond acceptors (Lipinski definition) is 7. The zero-order chi connectivity index (χ0) is 23.8. The fourth-order valence-electron chi connectivity index (χ4n) is 3.47. The molecular formula is C23H15F2N5O4. The summed E-state index contributed by atoms with van der Waals surface area (Å²) < 4.78 is 39.6. The summed E-state index contributed by atoms with van der Waals surface area (Å²) in [5.74, 6) is -2.26. The van der Waals surface area contributed by atoms with Crippen LogP contribution >= 0.6 is 0 Å². The minimum absolute atomic E-state index is 0.0237. The van der Waals surface area contributed by atoms with Crippen molar-refractivity contribution in [3.05, 3.63) is 77.8 Å². The largest absolute Gasteiger partial charge is 0.497 e. The van der Waals surface area contributed by atoms with Crippen molar-refractivity contribution >= 4 is 5.97 Å². The van der Waals surface area contributed by atoms with Crippen LogP contribution in [0.25, 0.3) is 34.0 Å². The van der Waals surface area contributed by atoms with Crippen LogP contribution in [-0.4, -0.2) is 43.1 Å². The van der Waals surface area contributed by atoms with Gasteiger partial charge in [0.15, 0.2) is 23.2 Å². The molecule has 1 aromatic heterocycles. The smallest absolute Gasteiger partial charge is 0.336 e. The van der Waals surface area contributed by atoms with Gasteiger partial charge in [-0.25, -0.2) is 23.5 Å². The number of nitrogens with zero attached hydrogens (tertiary/aromatic N) is 5. The monoisotopic (exact) mass is 463 g/mol. The number of aromatic carboxylic acids is 1. The van der Waals surface area contributed by atoms with E-state index in [1.54, 1.807) is 24.4 Å². The number of halogens is 2. The Hall–Kier alpha value is -4.67. The van der Waals surface area contributed by atoms with E-state index in [9.17, 15) is 18.7 Å². The Balaban J connectivity index is 1.42. The van der Waals surface area contributed by atoms with Crippen LogP contribution < -0.4 is 4.74 Å². The summed E-state index contributed by atoms with van der Waals surface area (Å²) in [5.41, 5.74) is 1.54. The molecule has 0 saturated carbocycles. The van der Waals surface area contributed by atoms with Gasteiger partial charge in [0.05, 0.1) is 30.6 Å². The molecule has 5 rings (SSSR count). The lowest BCUT2D eigenvalue weighted by Crippen LogP contribution is -2.05. The molecule has 0 atom stereocenters. The van der Waals surface area contributed by atoms with Crippen LogP contribution in [0.4, 0.5) is 8.78 Å². The molecule has 0 aliphatic carbocycles. The summed E-state index contributed by atoms with van der Waals surface area (Å²) in [6.07, 6.45) is 3.04. The molecule has 0 fully saturated rings. The minimum atomic E-state index is -1.12. The zero-order valence-corrected chi connectivity index (χ0v) is 17.6. The fourth-order valence-corrected chi connectivity index (χ4v) is 3.47. The summed E-state index contributed by atoms with van der Waals surface area (Å²) in [6, 6.07) is 10.0. The highest BCUT2D eigenvalue weighted by Gasteiger charge is 2.19. The Kier molecular flexibility index (Phi) is 5.21. The molecule has 0 saturated heterocycles. The van der Waals surface area contributed by atoms with Crippen molar-refractivity contribution in [2.75, 3.05) is 7.11 Å². The van der Waals surface area contributed by atoms with Crippen LogP contribution in [0.5, 0.6) is 5.75 Å². The summed E-state index contributed by atoms with van der Waals surface area (Å²) in [5, 5.41) is 17.7. The third kappa shape index (κ3) is 3.83. The van der Waals surface area contributed by atoms with Gasteiger partial charge < -0.3 is 14.4 Å². The van der Waals surface area contributed by atoms with Gasteiger partial charge in [0.25, 0.3) is 0 Å². The van der Waals surface area contributed by atoms with E-state index in [0.717, 1.165) is 6.07 Å². The predicted molar refractivity (Wildman–Crippen MR) is 114 cm³/mol. The second-order valence-corrected chi connectivity index (χ2v) is 7.29. The van der Waals surface area contributed by atoms with Gasteiger partial charge in [0, 0.05) is 11.6 Å². The van der Waals surface area contributed by atoms with Crippen molar-refractivity contribution < 1.29 is 27.9 Å². The first-order valence-corrected chi connectivity index (χ1v) is 9.95. The third-order valence-corrected chi connectivity index (χ3v) is 5.12. The number of carbonyl (C=O) groups is 1. The number of benzene rings is 2. The van der Waals surface area contributed by atoms with Crippen molar-refractivity contribution in [1.82, 2.24) is 24.9 Å². The number of fused-ring (bicyclic) bond motifs is 1. The quantitative estimate of drug-likeness (QED) is 0.400. The second-order valence-electron chi connectivity index (χ2n) is 7.29. The molecule has 0 spiro atoms. The lowest BCUT2D eigenvalue weighted by atomic mass is 10.0. The van der Waals surface area contributed by atoms with Crippen molar-refractivity contribution in [2.24, 2.45) is 0 Å². The normalized spacial score (nSPS) is 11.1. The molecule has 2 aromatic carbocycles. The van der Waals surface area contributed by atoms with Gasteiger partial charge in [0.1, 0.15) is 29.4 Å². The lowest BCUT2D eigenvalue weighted by molar-refractivity contribution is 0.0697. The Labute approximate surface area is 190 Å². The van der Waals surface area contributed by atoms with Gasteiger partial charge in [-0.15, -0.1) is 0 Å². The maximum absolute atomic E-state index is 14.1. The fraction of sp³-hybridized carbons (Fsp3) is 0.0870. The van der Waals surface area contributed by atoms with Gasteiger partial charge in [-0.3, -0.25) is 4.68 Å². The van der Waals surface area contributed by atoms with Crippen molar-refractivity contribution in [2.45, 2.75) is 6.54 Å². The first-order valence-electron chi connectivity index (χ1n) is 9.95. The molecule has 170 valence electrons. The average molecular weight is 463 g/mol. The predicted octanol–water partition coefficient (Wildman–Crippen LogP) is 4.13. The van der Waals surface area contributed by atoms with Crippen LogP contribution in [0.2, 0.25) is 0 Å². The van der Waals surface area contributed by atoms with E-state index in [0.29, 0.717) is 34.2 Å². The molecule has 9 nitrogen and oxygen atoms in total. The summed E-state index contributed by atoms with van der Waals surface area (Å²) in [4.78, 5) is 20.2. The number of ether oxygens (including phenoxy) is 1. The third-order valence-electron chi connectivity index (χ3n) is 5.12. The zero-order valence-electron chi connectivity index (χ0n) is 17.6. The van der Waals surface area contributed by atoms with E-state index in [-0.39, 0.29) is 23.5 Å². The molecule has 1 N–H and O–H groups in total. The number of carboxylic acids is 1. The minimum Gasteiger partial charge on any atom is -0.497 e. The maximum Gasteiger partial charge on any atom is 0.336 e. The van der Waals surface area contributed by atoms with E-state index in [1.807, 2.05) is 0 Å². The van der Waals surface area contributed by atoms with E-state index in [4.69, 9.17) is 9.26 Å². The lowest BCUT2D eigenvalue weighted by Gasteiger charge is -2.05. The number of hydrogen-bond donors (Lipinski definition) is 1. The average Bonchev–Trinajstić information content (AvgIpc) is 3.47. The number of methoxy groups -OCH3 is 1. The molecule has 0 amide bonds. The number of rotatable bonds is 6. The molecule has 11 heteroatoms. The van der Waals surface area contributed by atoms with E-state index in [1.165, 1.54) is 36.2 Å². The van der Waals surface area contributed by atoms with Gasteiger partial charge in [-0.1, -0.05) is 11.2 Å². The Morgan fingerprint density at radius 2 is 1.91 bits per heavy atom. The van der Waals surface area contributed by atoms with E-state index in [2.05, 4.69) is 20.2 Å². The molecule has 3 heterocycles. The molecule has 0 radical (unpaired) electrons. The SMILES string of the molecule is COc1ccc(-c2cc(Cn3cc4nc(-c5cccc(F)c5F)nc-4cn3)on2)c(C(=O)O)c1. The molecule has 2 aliphatic rings. The Bertz CT molecular complexity index is 1500. The van der Waals surface area contributed by atoms with Crippen LogP contribution in [-0.2, 0) is 6.54 Å². The van der Waals surface area contributed by atoms with Gasteiger partial charge in [-0.2, -0.15) is 5.10 Å². The Morgan fingerprint density at radius 3 is 2.71 bits per heavy atom. The number of carboxylic acid groups (broad SMARTS) is 1. The summed E-state index contributed by atoms with van der Waals surface area (Å²) in [6.45, 7) is 0.165. The van der Waals surface area contributed by atoms with E-state index >= 15 is 0 Å². The van der Waals surface area contributed by atoms with Crippen LogP contribution in [0.15, 0.2) is 59.4 Å². The highest BCUT2D eigenvalue weighted by atomic mass is 19.2. The maximum atomic E-state index is 14.1. The van der Waals surface area contributed by atoms with Crippen molar-refractivity contribution in [1.29, 1.82) is 0 Å². The number of imidazole rings is 1.